The van der Waals surface area contributed by atoms with Gasteiger partial charge in [0.15, 0.2) is 0 Å². The van der Waals surface area contributed by atoms with Gasteiger partial charge in [-0.1, -0.05) is 25.5 Å². The second kappa shape index (κ2) is 8.28. The lowest BCUT2D eigenvalue weighted by Gasteiger charge is -2.30. The van der Waals surface area contributed by atoms with E-state index >= 15 is 0 Å². The molecule has 1 fully saturated rings. The Bertz CT molecular complexity index is 419. The van der Waals surface area contributed by atoms with Crippen LogP contribution in [0.1, 0.15) is 49.0 Å². The topological polar surface area (TPSA) is 41.1 Å². The van der Waals surface area contributed by atoms with Crippen molar-refractivity contribution >= 4 is 18.3 Å². The third kappa shape index (κ3) is 4.50. The quantitative estimate of drug-likeness (QED) is 0.897. The average Bonchev–Trinajstić information content (AvgIpc) is 2.42. The SMILES string of the molecule is CCCc1ccc(C(=O)NC2CCCNC2C)cc1.Cl. The van der Waals surface area contributed by atoms with Crippen LogP contribution in [0.15, 0.2) is 24.3 Å². The summed E-state index contributed by atoms with van der Waals surface area (Å²) < 4.78 is 0. The van der Waals surface area contributed by atoms with Gasteiger partial charge in [-0.15, -0.1) is 12.4 Å². The minimum absolute atomic E-state index is 0. The zero-order chi connectivity index (χ0) is 13.7. The molecule has 2 atom stereocenters. The molecule has 0 aromatic heterocycles. The van der Waals surface area contributed by atoms with E-state index in [9.17, 15) is 4.79 Å². The Balaban J connectivity index is 0.00000200. The molecule has 1 aromatic carbocycles. The second-order valence-electron chi connectivity index (χ2n) is 5.41. The third-order valence-corrected chi connectivity index (χ3v) is 3.83. The molecule has 1 aliphatic rings. The fraction of sp³-hybridized carbons (Fsp3) is 0.562. The Morgan fingerprint density at radius 3 is 2.65 bits per heavy atom. The summed E-state index contributed by atoms with van der Waals surface area (Å²) in [5, 5.41) is 6.53. The molecule has 3 nitrogen and oxygen atoms in total. The molecular formula is C16H25ClN2O. The summed E-state index contributed by atoms with van der Waals surface area (Å²) in [4.78, 5) is 12.2. The van der Waals surface area contributed by atoms with Gasteiger partial charge in [0.25, 0.3) is 5.91 Å². The molecular weight excluding hydrogens is 272 g/mol. The predicted octanol–water partition coefficient (Wildman–Crippen LogP) is 2.93. The zero-order valence-electron chi connectivity index (χ0n) is 12.3. The second-order valence-corrected chi connectivity index (χ2v) is 5.41. The monoisotopic (exact) mass is 296 g/mol. The van der Waals surface area contributed by atoms with E-state index in [-0.39, 0.29) is 24.4 Å². The van der Waals surface area contributed by atoms with E-state index in [1.54, 1.807) is 0 Å². The number of carbonyl (C=O) groups is 1. The van der Waals surface area contributed by atoms with Crippen molar-refractivity contribution in [1.82, 2.24) is 10.6 Å². The lowest BCUT2D eigenvalue weighted by Crippen LogP contribution is -2.51. The summed E-state index contributed by atoms with van der Waals surface area (Å²) in [5.74, 6) is 0.0450. The highest BCUT2D eigenvalue weighted by Crippen LogP contribution is 2.11. The smallest absolute Gasteiger partial charge is 0.251 e. The molecule has 2 N–H and O–H groups in total. The number of piperidine rings is 1. The zero-order valence-corrected chi connectivity index (χ0v) is 13.1. The summed E-state index contributed by atoms with van der Waals surface area (Å²) in [5.41, 5.74) is 2.06. The van der Waals surface area contributed by atoms with Crippen LogP contribution in [0.5, 0.6) is 0 Å². The standard InChI is InChI=1S/C16H24N2O.ClH/c1-3-5-13-7-9-14(10-8-13)16(19)18-15-6-4-11-17-12(15)2;/h7-10,12,15,17H,3-6,11H2,1-2H3,(H,18,19);1H. The maximum absolute atomic E-state index is 12.2. The van der Waals surface area contributed by atoms with Crippen LogP contribution in [0, 0.1) is 0 Å². The van der Waals surface area contributed by atoms with Crippen LogP contribution in [-0.2, 0) is 6.42 Å². The number of rotatable bonds is 4. The molecule has 0 saturated carbocycles. The maximum Gasteiger partial charge on any atom is 0.251 e. The molecule has 2 unspecified atom stereocenters. The molecule has 0 bridgehead atoms. The van der Waals surface area contributed by atoms with Crippen molar-refractivity contribution in [2.45, 2.75) is 51.6 Å². The average molecular weight is 297 g/mol. The van der Waals surface area contributed by atoms with Crippen molar-refractivity contribution < 1.29 is 4.79 Å². The number of aryl methyl sites for hydroxylation is 1. The summed E-state index contributed by atoms with van der Waals surface area (Å²) in [6.07, 6.45) is 4.40. The number of hydrogen-bond acceptors (Lipinski definition) is 2. The van der Waals surface area contributed by atoms with Gasteiger partial charge >= 0.3 is 0 Å². The van der Waals surface area contributed by atoms with Gasteiger partial charge in [0.05, 0.1) is 0 Å². The van der Waals surface area contributed by atoms with Gasteiger partial charge < -0.3 is 10.6 Å². The summed E-state index contributed by atoms with van der Waals surface area (Å²) >= 11 is 0. The molecule has 4 heteroatoms. The van der Waals surface area contributed by atoms with Crippen LogP contribution in [-0.4, -0.2) is 24.5 Å². The fourth-order valence-corrected chi connectivity index (χ4v) is 2.60. The van der Waals surface area contributed by atoms with Crippen LogP contribution < -0.4 is 10.6 Å². The normalized spacial score (nSPS) is 21.9. The minimum Gasteiger partial charge on any atom is -0.348 e. The molecule has 0 radical (unpaired) electrons. The number of amides is 1. The number of nitrogens with one attached hydrogen (secondary N) is 2. The molecule has 0 aliphatic carbocycles. The van der Waals surface area contributed by atoms with Gasteiger partial charge in [-0.2, -0.15) is 0 Å². The van der Waals surface area contributed by atoms with E-state index in [1.807, 2.05) is 12.1 Å². The highest BCUT2D eigenvalue weighted by Gasteiger charge is 2.22. The molecule has 112 valence electrons. The lowest BCUT2D eigenvalue weighted by atomic mass is 9.99. The molecule has 1 aromatic rings. The Kier molecular flexibility index (Phi) is 7.03. The van der Waals surface area contributed by atoms with Crippen molar-refractivity contribution in [3.05, 3.63) is 35.4 Å². The van der Waals surface area contributed by atoms with E-state index in [2.05, 4.69) is 36.6 Å². The Labute approximate surface area is 127 Å². The number of carbonyl (C=O) groups excluding carboxylic acids is 1. The van der Waals surface area contributed by atoms with Crippen molar-refractivity contribution in [2.75, 3.05) is 6.54 Å². The molecule has 1 aliphatic heterocycles. The van der Waals surface area contributed by atoms with Crippen LogP contribution >= 0.6 is 12.4 Å². The molecule has 20 heavy (non-hydrogen) atoms. The summed E-state index contributed by atoms with van der Waals surface area (Å²) in [7, 11) is 0. The number of halogens is 1. The third-order valence-electron chi connectivity index (χ3n) is 3.83. The van der Waals surface area contributed by atoms with Crippen LogP contribution in [0.2, 0.25) is 0 Å². The van der Waals surface area contributed by atoms with Gasteiger partial charge in [0, 0.05) is 17.6 Å². The van der Waals surface area contributed by atoms with E-state index < -0.39 is 0 Å². The predicted molar refractivity (Wildman–Crippen MR) is 85.6 cm³/mol. The highest BCUT2D eigenvalue weighted by atomic mass is 35.5. The Morgan fingerprint density at radius 2 is 2.05 bits per heavy atom. The molecule has 1 saturated heterocycles. The van der Waals surface area contributed by atoms with Crippen LogP contribution in [0.4, 0.5) is 0 Å². The maximum atomic E-state index is 12.2. The summed E-state index contributed by atoms with van der Waals surface area (Å²) in [6, 6.07) is 8.58. The largest absolute Gasteiger partial charge is 0.348 e. The molecule has 1 amide bonds. The van der Waals surface area contributed by atoms with Gasteiger partial charge in [0.2, 0.25) is 0 Å². The van der Waals surface area contributed by atoms with E-state index in [0.29, 0.717) is 6.04 Å². The summed E-state index contributed by atoms with van der Waals surface area (Å²) in [6.45, 7) is 5.35. The van der Waals surface area contributed by atoms with Gasteiger partial charge in [0.1, 0.15) is 0 Å². The van der Waals surface area contributed by atoms with Crippen molar-refractivity contribution in [2.24, 2.45) is 0 Å². The van der Waals surface area contributed by atoms with Gasteiger partial charge in [-0.05, 0) is 50.4 Å². The highest BCUT2D eigenvalue weighted by molar-refractivity contribution is 5.94. The molecule has 0 spiro atoms. The van der Waals surface area contributed by atoms with Crippen LogP contribution in [0.3, 0.4) is 0 Å². The Morgan fingerprint density at radius 1 is 1.35 bits per heavy atom. The lowest BCUT2D eigenvalue weighted by molar-refractivity contribution is 0.0920. The van der Waals surface area contributed by atoms with E-state index in [4.69, 9.17) is 0 Å². The van der Waals surface area contributed by atoms with E-state index in [1.165, 1.54) is 5.56 Å². The number of benzene rings is 1. The first-order valence-electron chi connectivity index (χ1n) is 7.34. The molecule has 2 rings (SSSR count). The van der Waals surface area contributed by atoms with E-state index in [0.717, 1.165) is 37.8 Å². The first-order valence-corrected chi connectivity index (χ1v) is 7.34. The minimum atomic E-state index is 0. The first-order chi connectivity index (χ1) is 9.20. The van der Waals surface area contributed by atoms with Crippen molar-refractivity contribution in [3.63, 3.8) is 0 Å². The van der Waals surface area contributed by atoms with Gasteiger partial charge in [-0.3, -0.25) is 4.79 Å². The first kappa shape index (κ1) is 17.0. The fourth-order valence-electron chi connectivity index (χ4n) is 2.60. The van der Waals surface area contributed by atoms with Crippen molar-refractivity contribution in [1.29, 1.82) is 0 Å². The molecule has 1 heterocycles. The van der Waals surface area contributed by atoms with Crippen LogP contribution in [0.25, 0.3) is 0 Å². The number of hydrogen-bond donors (Lipinski definition) is 2. The van der Waals surface area contributed by atoms with Gasteiger partial charge in [-0.25, -0.2) is 0 Å². The Hall–Kier alpha value is -1.06. The van der Waals surface area contributed by atoms with Crippen molar-refractivity contribution in [3.8, 4) is 0 Å².